The van der Waals surface area contributed by atoms with Gasteiger partial charge in [-0.25, -0.2) is 4.98 Å². The summed E-state index contributed by atoms with van der Waals surface area (Å²) < 4.78 is 0.910. The van der Waals surface area contributed by atoms with Crippen LogP contribution in [0.25, 0.3) is 0 Å². The summed E-state index contributed by atoms with van der Waals surface area (Å²) in [5.74, 6) is 0. The molecule has 0 aliphatic rings. The molecule has 1 N–H and O–H groups in total. The zero-order valence-electron chi connectivity index (χ0n) is 9.96. The topological polar surface area (TPSA) is 24.9 Å². The Kier molecular flexibility index (Phi) is 4.18. The van der Waals surface area contributed by atoms with Crippen molar-refractivity contribution in [1.82, 2.24) is 4.98 Å². The Balaban J connectivity index is 1.99. The van der Waals surface area contributed by atoms with Crippen molar-refractivity contribution in [2.24, 2.45) is 0 Å². The van der Waals surface area contributed by atoms with Crippen LogP contribution in [0.4, 0.5) is 5.69 Å². The summed E-state index contributed by atoms with van der Waals surface area (Å²) in [6, 6.07) is 6.49. The molecule has 90 valence electrons. The van der Waals surface area contributed by atoms with Gasteiger partial charge >= 0.3 is 0 Å². The Bertz CT molecular complexity index is 508. The largest absolute Gasteiger partial charge is 0.379 e. The van der Waals surface area contributed by atoms with E-state index in [-0.39, 0.29) is 0 Å². The second-order valence-electron chi connectivity index (χ2n) is 3.91. The average molecular weight is 311 g/mol. The SMILES string of the molecule is CCc1ccc(CNc2cnc(Br)c(C)c2)s1. The van der Waals surface area contributed by atoms with Gasteiger partial charge < -0.3 is 5.32 Å². The van der Waals surface area contributed by atoms with Gasteiger partial charge in [0.1, 0.15) is 4.60 Å². The zero-order chi connectivity index (χ0) is 12.3. The maximum absolute atomic E-state index is 4.27. The van der Waals surface area contributed by atoms with E-state index >= 15 is 0 Å². The second kappa shape index (κ2) is 5.65. The van der Waals surface area contributed by atoms with Crippen molar-refractivity contribution in [3.8, 4) is 0 Å². The Morgan fingerprint density at radius 3 is 2.76 bits per heavy atom. The van der Waals surface area contributed by atoms with Crippen molar-refractivity contribution in [2.45, 2.75) is 26.8 Å². The molecule has 0 unspecified atom stereocenters. The van der Waals surface area contributed by atoms with E-state index in [9.17, 15) is 0 Å². The van der Waals surface area contributed by atoms with Gasteiger partial charge in [0.2, 0.25) is 0 Å². The molecule has 2 nitrogen and oxygen atoms in total. The highest BCUT2D eigenvalue weighted by atomic mass is 79.9. The van der Waals surface area contributed by atoms with Crippen molar-refractivity contribution in [3.05, 3.63) is 44.3 Å². The molecule has 4 heteroatoms. The molecule has 0 radical (unpaired) electrons. The minimum absolute atomic E-state index is 0.868. The lowest BCUT2D eigenvalue weighted by Gasteiger charge is -2.06. The molecule has 0 atom stereocenters. The molecule has 0 bridgehead atoms. The average Bonchev–Trinajstić information content (AvgIpc) is 2.79. The lowest BCUT2D eigenvalue weighted by atomic mass is 10.3. The van der Waals surface area contributed by atoms with Gasteiger partial charge in [-0.2, -0.15) is 0 Å². The fourth-order valence-corrected chi connectivity index (χ4v) is 2.67. The van der Waals surface area contributed by atoms with Gasteiger partial charge in [-0.15, -0.1) is 11.3 Å². The smallest absolute Gasteiger partial charge is 0.109 e. The zero-order valence-corrected chi connectivity index (χ0v) is 12.4. The highest BCUT2D eigenvalue weighted by Crippen LogP contribution is 2.20. The van der Waals surface area contributed by atoms with Gasteiger partial charge in [0.25, 0.3) is 0 Å². The number of thiophene rings is 1. The first-order valence-corrected chi connectivity index (χ1v) is 7.23. The van der Waals surface area contributed by atoms with Crippen LogP contribution in [0.3, 0.4) is 0 Å². The number of nitrogens with zero attached hydrogens (tertiary/aromatic N) is 1. The minimum atomic E-state index is 0.868. The van der Waals surface area contributed by atoms with Gasteiger partial charge in [-0.05, 0) is 53.0 Å². The summed E-state index contributed by atoms with van der Waals surface area (Å²) in [7, 11) is 0. The molecule has 0 saturated heterocycles. The van der Waals surface area contributed by atoms with Crippen molar-refractivity contribution < 1.29 is 0 Å². The van der Waals surface area contributed by atoms with E-state index in [1.54, 1.807) is 0 Å². The predicted molar refractivity (Wildman–Crippen MR) is 77.7 cm³/mol. The van der Waals surface area contributed by atoms with Crippen LogP contribution in [0.1, 0.15) is 22.2 Å². The van der Waals surface area contributed by atoms with Gasteiger partial charge in [0, 0.05) is 16.3 Å². The molecule has 2 heterocycles. The molecule has 0 saturated carbocycles. The van der Waals surface area contributed by atoms with E-state index in [2.05, 4.69) is 51.4 Å². The molecule has 17 heavy (non-hydrogen) atoms. The Hall–Kier alpha value is -0.870. The first-order valence-electron chi connectivity index (χ1n) is 5.62. The van der Waals surface area contributed by atoms with Crippen LogP contribution in [0.2, 0.25) is 0 Å². The Morgan fingerprint density at radius 2 is 2.12 bits per heavy atom. The van der Waals surface area contributed by atoms with Crippen molar-refractivity contribution in [3.63, 3.8) is 0 Å². The summed E-state index contributed by atoms with van der Waals surface area (Å²) >= 11 is 5.27. The number of nitrogens with one attached hydrogen (secondary N) is 1. The number of hydrogen-bond acceptors (Lipinski definition) is 3. The first kappa shape index (κ1) is 12.6. The molecule has 0 aromatic carbocycles. The maximum atomic E-state index is 4.27. The van der Waals surface area contributed by atoms with Crippen molar-refractivity contribution >= 4 is 33.0 Å². The molecule has 0 aliphatic carbocycles. The van der Waals surface area contributed by atoms with Crippen molar-refractivity contribution in [2.75, 3.05) is 5.32 Å². The fourth-order valence-electron chi connectivity index (χ4n) is 1.55. The summed E-state index contributed by atoms with van der Waals surface area (Å²) in [4.78, 5) is 7.07. The molecule has 0 aliphatic heterocycles. The monoisotopic (exact) mass is 310 g/mol. The quantitative estimate of drug-likeness (QED) is 0.847. The van der Waals surface area contributed by atoms with Gasteiger partial charge in [0.15, 0.2) is 0 Å². The van der Waals surface area contributed by atoms with Crippen LogP contribution in [-0.4, -0.2) is 4.98 Å². The van der Waals surface area contributed by atoms with Crippen LogP contribution in [0.15, 0.2) is 29.0 Å². The summed E-state index contributed by atoms with van der Waals surface area (Å²) in [5, 5.41) is 3.39. The van der Waals surface area contributed by atoms with E-state index in [1.807, 2.05) is 24.5 Å². The van der Waals surface area contributed by atoms with E-state index < -0.39 is 0 Å². The lowest BCUT2D eigenvalue weighted by molar-refractivity contribution is 1.15. The Labute approximate surface area is 114 Å². The number of anilines is 1. The minimum Gasteiger partial charge on any atom is -0.379 e. The molecule has 0 fully saturated rings. The molecule has 2 aromatic heterocycles. The van der Waals surface area contributed by atoms with Crippen LogP contribution in [-0.2, 0) is 13.0 Å². The molecular formula is C13H15BrN2S. The third kappa shape index (κ3) is 3.30. The third-order valence-corrected chi connectivity index (χ3v) is 4.61. The molecular weight excluding hydrogens is 296 g/mol. The number of rotatable bonds is 4. The first-order chi connectivity index (χ1) is 8.19. The number of halogens is 1. The maximum Gasteiger partial charge on any atom is 0.109 e. The van der Waals surface area contributed by atoms with Gasteiger partial charge in [0.05, 0.1) is 11.9 Å². The van der Waals surface area contributed by atoms with E-state index in [4.69, 9.17) is 0 Å². The molecule has 2 aromatic rings. The summed E-state index contributed by atoms with van der Waals surface area (Å²) in [6.45, 7) is 5.10. The number of pyridine rings is 1. The number of aryl methyl sites for hydroxylation is 2. The van der Waals surface area contributed by atoms with Crippen LogP contribution < -0.4 is 5.32 Å². The third-order valence-electron chi connectivity index (χ3n) is 2.55. The van der Waals surface area contributed by atoms with E-state index in [0.717, 1.165) is 28.8 Å². The normalized spacial score (nSPS) is 10.5. The van der Waals surface area contributed by atoms with Gasteiger partial charge in [-0.3, -0.25) is 0 Å². The molecule has 2 rings (SSSR count). The summed E-state index contributed by atoms with van der Waals surface area (Å²) in [6.07, 6.45) is 2.97. The predicted octanol–water partition coefficient (Wildman–Crippen LogP) is 4.39. The fraction of sp³-hybridized carbons (Fsp3) is 0.308. The second-order valence-corrected chi connectivity index (χ2v) is 5.91. The highest BCUT2D eigenvalue weighted by molar-refractivity contribution is 9.10. The highest BCUT2D eigenvalue weighted by Gasteiger charge is 2.01. The van der Waals surface area contributed by atoms with Crippen LogP contribution in [0, 0.1) is 6.92 Å². The molecule has 0 spiro atoms. The van der Waals surface area contributed by atoms with Crippen LogP contribution in [0.5, 0.6) is 0 Å². The van der Waals surface area contributed by atoms with E-state index in [1.165, 1.54) is 9.75 Å². The molecule has 0 amide bonds. The standard InChI is InChI=1S/C13H15BrN2S/c1-3-11-4-5-12(17-11)8-15-10-6-9(2)13(14)16-7-10/h4-7,15H,3,8H2,1-2H3. The van der Waals surface area contributed by atoms with E-state index in [0.29, 0.717) is 0 Å². The van der Waals surface area contributed by atoms with Crippen LogP contribution >= 0.6 is 27.3 Å². The Morgan fingerprint density at radius 1 is 1.35 bits per heavy atom. The number of hydrogen-bond donors (Lipinski definition) is 1. The lowest BCUT2D eigenvalue weighted by Crippen LogP contribution is -1.98. The number of aromatic nitrogens is 1. The van der Waals surface area contributed by atoms with Crippen molar-refractivity contribution in [1.29, 1.82) is 0 Å². The van der Waals surface area contributed by atoms with Gasteiger partial charge in [-0.1, -0.05) is 6.92 Å². The summed E-state index contributed by atoms with van der Waals surface area (Å²) in [5.41, 5.74) is 2.22.